The van der Waals surface area contributed by atoms with Gasteiger partial charge in [-0.3, -0.25) is 4.79 Å². The molecular formula is C13H17NO4. The quantitative estimate of drug-likeness (QED) is 0.808. The molecule has 1 unspecified atom stereocenters. The van der Waals surface area contributed by atoms with Gasteiger partial charge >= 0.3 is 0 Å². The number of ketones is 1. The number of methoxy groups -OCH3 is 2. The summed E-state index contributed by atoms with van der Waals surface area (Å²) in [4.78, 5) is 12.5. The van der Waals surface area contributed by atoms with Crippen molar-refractivity contribution in [3.05, 3.63) is 23.8 Å². The van der Waals surface area contributed by atoms with Gasteiger partial charge in [0.1, 0.15) is 17.0 Å². The van der Waals surface area contributed by atoms with Gasteiger partial charge in [-0.1, -0.05) is 0 Å². The molecule has 0 saturated carbocycles. The summed E-state index contributed by atoms with van der Waals surface area (Å²) in [5.41, 5.74) is 5.56. The first-order chi connectivity index (χ1) is 8.60. The Bertz CT molecular complexity index is 452. The van der Waals surface area contributed by atoms with Crippen molar-refractivity contribution in [2.24, 2.45) is 5.73 Å². The summed E-state index contributed by atoms with van der Waals surface area (Å²) in [6.45, 7) is 0.751. The van der Waals surface area contributed by atoms with Gasteiger partial charge in [-0.25, -0.2) is 0 Å². The van der Waals surface area contributed by atoms with Crippen molar-refractivity contribution in [1.29, 1.82) is 0 Å². The highest BCUT2D eigenvalue weighted by atomic mass is 16.5. The summed E-state index contributed by atoms with van der Waals surface area (Å²) in [7, 11) is 3.07. The molecule has 1 heterocycles. The molecule has 1 saturated heterocycles. The van der Waals surface area contributed by atoms with Crippen LogP contribution in [0.15, 0.2) is 18.2 Å². The number of nitrogens with two attached hydrogens (primary N) is 1. The van der Waals surface area contributed by atoms with Gasteiger partial charge in [0.05, 0.1) is 26.4 Å². The highest BCUT2D eigenvalue weighted by Gasteiger charge is 2.40. The van der Waals surface area contributed by atoms with Crippen molar-refractivity contribution >= 4 is 5.78 Å². The van der Waals surface area contributed by atoms with E-state index < -0.39 is 5.54 Å². The second kappa shape index (κ2) is 4.96. The molecule has 1 aliphatic rings. The van der Waals surface area contributed by atoms with E-state index in [9.17, 15) is 4.79 Å². The van der Waals surface area contributed by atoms with Crippen molar-refractivity contribution in [2.75, 3.05) is 27.4 Å². The van der Waals surface area contributed by atoms with Crippen LogP contribution in [-0.4, -0.2) is 38.8 Å². The Morgan fingerprint density at radius 2 is 2.17 bits per heavy atom. The van der Waals surface area contributed by atoms with E-state index in [4.69, 9.17) is 19.9 Å². The van der Waals surface area contributed by atoms with Gasteiger partial charge in [-0.2, -0.15) is 0 Å². The average Bonchev–Trinajstić information content (AvgIpc) is 2.85. The molecule has 2 N–H and O–H groups in total. The number of hydrogen-bond donors (Lipinski definition) is 1. The summed E-state index contributed by atoms with van der Waals surface area (Å²) in [6, 6.07) is 5.09. The van der Waals surface area contributed by atoms with Gasteiger partial charge in [-0.15, -0.1) is 0 Å². The SMILES string of the molecule is COc1ccc(OC)c(C(=O)C2(N)CCOC2)c1. The van der Waals surface area contributed by atoms with Gasteiger partial charge in [0, 0.05) is 6.61 Å². The third-order valence-electron chi connectivity index (χ3n) is 3.16. The Hall–Kier alpha value is -1.59. The van der Waals surface area contributed by atoms with Crippen molar-refractivity contribution in [1.82, 2.24) is 0 Å². The predicted octanol–water partition coefficient (Wildman–Crippen LogP) is 1.00. The maximum absolute atomic E-state index is 12.5. The van der Waals surface area contributed by atoms with Gasteiger partial charge in [0.15, 0.2) is 5.78 Å². The van der Waals surface area contributed by atoms with Crippen LogP contribution in [-0.2, 0) is 4.74 Å². The van der Waals surface area contributed by atoms with Crippen molar-refractivity contribution in [3.8, 4) is 11.5 Å². The van der Waals surface area contributed by atoms with Crippen molar-refractivity contribution in [2.45, 2.75) is 12.0 Å². The lowest BCUT2D eigenvalue weighted by Gasteiger charge is -2.21. The highest BCUT2D eigenvalue weighted by molar-refractivity contribution is 6.05. The zero-order valence-electron chi connectivity index (χ0n) is 10.6. The summed E-state index contributed by atoms with van der Waals surface area (Å²) in [5, 5.41) is 0. The van der Waals surface area contributed by atoms with E-state index >= 15 is 0 Å². The molecule has 1 aliphatic heterocycles. The molecule has 0 amide bonds. The maximum atomic E-state index is 12.5. The molecule has 0 radical (unpaired) electrons. The van der Waals surface area contributed by atoms with Gasteiger partial charge in [0.2, 0.25) is 0 Å². The van der Waals surface area contributed by atoms with E-state index in [0.717, 1.165) is 0 Å². The number of benzene rings is 1. The molecule has 2 rings (SSSR count). The highest BCUT2D eigenvalue weighted by Crippen LogP contribution is 2.29. The first-order valence-corrected chi connectivity index (χ1v) is 5.74. The minimum absolute atomic E-state index is 0.171. The smallest absolute Gasteiger partial charge is 0.188 e. The van der Waals surface area contributed by atoms with E-state index in [0.29, 0.717) is 30.1 Å². The normalized spacial score (nSPS) is 22.8. The zero-order valence-corrected chi connectivity index (χ0v) is 10.6. The minimum atomic E-state index is -0.959. The van der Waals surface area contributed by atoms with Crippen LogP contribution in [0.2, 0.25) is 0 Å². The average molecular weight is 251 g/mol. The molecule has 5 heteroatoms. The van der Waals surface area contributed by atoms with E-state index in [1.54, 1.807) is 25.3 Å². The lowest BCUT2D eigenvalue weighted by atomic mass is 9.89. The molecule has 98 valence electrons. The van der Waals surface area contributed by atoms with E-state index in [2.05, 4.69) is 0 Å². The number of carbonyl (C=O) groups excluding carboxylic acids is 1. The van der Waals surface area contributed by atoms with Gasteiger partial charge < -0.3 is 19.9 Å². The molecular weight excluding hydrogens is 234 g/mol. The molecule has 0 spiro atoms. The van der Waals surface area contributed by atoms with E-state index in [-0.39, 0.29) is 12.4 Å². The fraction of sp³-hybridized carbons (Fsp3) is 0.462. The maximum Gasteiger partial charge on any atom is 0.188 e. The molecule has 0 aliphatic carbocycles. The summed E-state index contributed by atoms with van der Waals surface area (Å²) in [5.74, 6) is 0.926. The number of carbonyl (C=O) groups is 1. The molecule has 1 aromatic rings. The summed E-state index contributed by atoms with van der Waals surface area (Å²) in [6.07, 6.45) is 0.520. The van der Waals surface area contributed by atoms with Crippen LogP contribution in [0.5, 0.6) is 11.5 Å². The molecule has 1 fully saturated rings. The molecule has 5 nitrogen and oxygen atoms in total. The molecule has 1 atom stereocenters. The van der Waals surface area contributed by atoms with Gasteiger partial charge in [-0.05, 0) is 24.6 Å². The first-order valence-electron chi connectivity index (χ1n) is 5.74. The summed E-state index contributed by atoms with van der Waals surface area (Å²) < 4.78 is 15.5. The Kier molecular flexibility index (Phi) is 3.54. The lowest BCUT2D eigenvalue weighted by molar-refractivity contribution is 0.0859. The predicted molar refractivity (Wildman–Crippen MR) is 66.2 cm³/mol. The minimum Gasteiger partial charge on any atom is -0.497 e. The van der Waals surface area contributed by atoms with Gasteiger partial charge in [0.25, 0.3) is 0 Å². The third-order valence-corrected chi connectivity index (χ3v) is 3.16. The lowest BCUT2D eigenvalue weighted by Crippen LogP contribution is -2.48. The largest absolute Gasteiger partial charge is 0.497 e. The van der Waals surface area contributed by atoms with Crippen LogP contribution in [0, 0.1) is 0 Å². The van der Waals surface area contributed by atoms with Crippen LogP contribution < -0.4 is 15.2 Å². The van der Waals surface area contributed by atoms with Crippen LogP contribution in [0.1, 0.15) is 16.8 Å². The fourth-order valence-corrected chi connectivity index (χ4v) is 2.02. The molecule has 1 aromatic carbocycles. The number of hydrogen-bond acceptors (Lipinski definition) is 5. The van der Waals surface area contributed by atoms with Crippen molar-refractivity contribution < 1.29 is 19.0 Å². The fourth-order valence-electron chi connectivity index (χ4n) is 2.02. The summed E-state index contributed by atoms with van der Waals surface area (Å²) >= 11 is 0. The van der Waals surface area contributed by atoms with Crippen molar-refractivity contribution in [3.63, 3.8) is 0 Å². The second-order valence-corrected chi connectivity index (χ2v) is 4.35. The van der Waals surface area contributed by atoms with E-state index in [1.165, 1.54) is 7.11 Å². The third kappa shape index (κ3) is 2.19. The Morgan fingerprint density at radius 3 is 2.72 bits per heavy atom. The zero-order chi connectivity index (χ0) is 13.2. The van der Waals surface area contributed by atoms with Crippen LogP contribution in [0.3, 0.4) is 0 Å². The van der Waals surface area contributed by atoms with Crippen LogP contribution >= 0.6 is 0 Å². The topological polar surface area (TPSA) is 70.8 Å². The van der Waals surface area contributed by atoms with E-state index in [1.807, 2.05) is 0 Å². The Labute approximate surface area is 106 Å². The first kappa shape index (κ1) is 12.9. The number of ether oxygens (including phenoxy) is 3. The standard InChI is InChI=1S/C13H17NO4/c1-16-9-3-4-11(17-2)10(7-9)12(15)13(14)5-6-18-8-13/h3-4,7H,5-6,8,14H2,1-2H3. The Balaban J connectivity index is 2.39. The van der Waals surface area contributed by atoms with Crippen LogP contribution in [0.4, 0.5) is 0 Å². The number of Topliss-reactive ketones (excluding diaryl/α,β-unsaturated/α-hetero) is 1. The molecule has 0 aromatic heterocycles. The molecule has 18 heavy (non-hydrogen) atoms. The van der Waals surface area contributed by atoms with Crippen LogP contribution in [0.25, 0.3) is 0 Å². The Morgan fingerprint density at radius 1 is 1.39 bits per heavy atom. The monoisotopic (exact) mass is 251 g/mol. The number of rotatable bonds is 4. The molecule has 0 bridgehead atoms. The second-order valence-electron chi connectivity index (χ2n) is 4.35.